The van der Waals surface area contributed by atoms with Gasteiger partial charge in [0.2, 0.25) is 5.88 Å². The van der Waals surface area contributed by atoms with Gasteiger partial charge in [-0.2, -0.15) is 13.2 Å². The van der Waals surface area contributed by atoms with Crippen molar-refractivity contribution in [2.45, 2.75) is 12.1 Å². The van der Waals surface area contributed by atoms with Crippen LogP contribution >= 0.6 is 0 Å². The molecule has 3 N–H and O–H groups in total. The third kappa shape index (κ3) is 5.90. The maximum atomic E-state index is 12.9. The molecule has 0 saturated carbocycles. The van der Waals surface area contributed by atoms with Gasteiger partial charge < -0.3 is 15.8 Å². The minimum Gasteiger partial charge on any atom is -0.467 e. The number of hydrogen-bond donors (Lipinski definition) is 2. The van der Waals surface area contributed by atoms with Gasteiger partial charge in [0.05, 0.1) is 13.1 Å². The first-order valence-electron chi connectivity index (χ1n) is 5.65. The summed E-state index contributed by atoms with van der Waals surface area (Å²) >= 11 is 0. The lowest BCUT2D eigenvalue weighted by Crippen LogP contribution is -2.41. The molecule has 0 radical (unpaired) electrons. The molecule has 0 bridgehead atoms. The number of hydrogen-bond acceptors (Lipinski definition) is 4. The predicted molar refractivity (Wildman–Crippen MR) is 62.1 cm³/mol. The molecule has 1 heterocycles. The molecule has 0 aromatic carbocycles. The van der Waals surface area contributed by atoms with Crippen molar-refractivity contribution in [2.24, 2.45) is 5.73 Å². The van der Waals surface area contributed by atoms with Gasteiger partial charge in [-0.15, -0.1) is 0 Å². The molecule has 1 aromatic rings. The van der Waals surface area contributed by atoms with E-state index in [1.807, 2.05) is 5.32 Å². The van der Waals surface area contributed by atoms with Crippen LogP contribution in [0.5, 0.6) is 5.88 Å². The van der Waals surface area contributed by atoms with Crippen molar-refractivity contribution in [1.82, 2.24) is 10.3 Å². The summed E-state index contributed by atoms with van der Waals surface area (Å²) in [7, 11) is 0. The Bertz CT molecular complexity index is 493. The van der Waals surface area contributed by atoms with Crippen LogP contribution in [0.25, 0.3) is 0 Å². The van der Waals surface area contributed by atoms with Gasteiger partial charge in [0.1, 0.15) is 5.56 Å². The van der Waals surface area contributed by atoms with Crippen molar-refractivity contribution in [3.63, 3.8) is 0 Å². The Balaban J connectivity index is 2.76. The predicted octanol–water partition coefficient (Wildman–Crippen LogP) is 1.35. The van der Waals surface area contributed by atoms with Crippen LogP contribution in [0.2, 0.25) is 0 Å². The summed E-state index contributed by atoms with van der Waals surface area (Å²) in [5.74, 6) is -4.94. The third-order valence-electron chi connectivity index (χ3n) is 2.19. The maximum Gasteiger partial charge on any atom is 0.422 e. The standard InChI is InChI=1S/C11H12F5N3O2/c12-10(13,4-17)5-19-8(20)7-2-1-3-18-9(7)21-6-11(14,15)16/h1-3H,4-6,17H2,(H,19,20). The summed E-state index contributed by atoms with van der Waals surface area (Å²) in [6, 6.07) is 2.37. The van der Waals surface area contributed by atoms with E-state index < -0.39 is 43.6 Å². The topological polar surface area (TPSA) is 77.2 Å². The van der Waals surface area contributed by atoms with Crippen LogP contribution in [0.3, 0.4) is 0 Å². The summed E-state index contributed by atoms with van der Waals surface area (Å²) in [6.07, 6.45) is -3.51. The number of alkyl halides is 5. The van der Waals surface area contributed by atoms with Crippen molar-refractivity contribution in [1.29, 1.82) is 0 Å². The first-order valence-corrected chi connectivity index (χ1v) is 5.65. The molecule has 0 spiro atoms. The number of nitrogens with zero attached hydrogens (tertiary/aromatic N) is 1. The highest BCUT2D eigenvalue weighted by atomic mass is 19.4. The van der Waals surface area contributed by atoms with Crippen LogP contribution in [0.15, 0.2) is 18.3 Å². The number of pyridine rings is 1. The van der Waals surface area contributed by atoms with E-state index in [0.717, 1.165) is 12.3 Å². The average molecular weight is 313 g/mol. The first kappa shape index (κ1) is 17.1. The number of nitrogens with two attached hydrogens (primary N) is 1. The van der Waals surface area contributed by atoms with E-state index >= 15 is 0 Å². The average Bonchev–Trinajstić information content (AvgIpc) is 2.42. The van der Waals surface area contributed by atoms with Crippen LogP contribution in [0.4, 0.5) is 22.0 Å². The normalized spacial score (nSPS) is 12.1. The number of aromatic nitrogens is 1. The second-order valence-corrected chi connectivity index (χ2v) is 4.00. The zero-order valence-electron chi connectivity index (χ0n) is 10.6. The summed E-state index contributed by atoms with van der Waals surface area (Å²) in [4.78, 5) is 15.1. The second-order valence-electron chi connectivity index (χ2n) is 4.00. The number of carbonyl (C=O) groups excluding carboxylic acids is 1. The minimum absolute atomic E-state index is 0.380. The summed E-state index contributed by atoms with van der Waals surface area (Å²) in [5.41, 5.74) is 4.41. The monoisotopic (exact) mass is 313 g/mol. The molecule has 1 rings (SSSR count). The molecule has 21 heavy (non-hydrogen) atoms. The number of carbonyl (C=O) groups is 1. The lowest BCUT2D eigenvalue weighted by molar-refractivity contribution is -0.154. The number of rotatable bonds is 6. The molecule has 118 valence electrons. The lowest BCUT2D eigenvalue weighted by Gasteiger charge is -2.15. The Morgan fingerprint density at radius 3 is 2.57 bits per heavy atom. The number of ether oxygens (including phenoxy) is 1. The number of halogens is 5. The van der Waals surface area contributed by atoms with Gasteiger partial charge in [0.15, 0.2) is 6.61 Å². The fourth-order valence-corrected chi connectivity index (χ4v) is 1.21. The summed E-state index contributed by atoms with van der Waals surface area (Å²) < 4.78 is 66.3. The first-order chi connectivity index (χ1) is 9.64. The fourth-order valence-electron chi connectivity index (χ4n) is 1.21. The highest BCUT2D eigenvalue weighted by molar-refractivity contribution is 5.96. The highest BCUT2D eigenvalue weighted by Crippen LogP contribution is 2.20. The molecule has 0 atom stereocenters. The number of nitrogens with one attached hydrogen (secondary N) is 1. The molecule has 10 heteroatoms. The fraction of sp³-hybridized carbons (Fsp3) is 0.455. The summed E-state index contributed by atoms with van der Waals surface area (Å²) in [6.45, 7) is -3.67. The van der Waals surface area contributed by atoms with Gasteiger partial charge >= 0.3 is 6.18 Å². The third-order valence-corrected chi connectivity index (χ3v) is 2.19. The van der Waals surface area contributed by atoms with E-state index in [1.165, 1.54) is 6.07 Å². The molecular formula is C11H12F5N3O2. The van der Waals surface area contributed by atoms with Gasteiger partial charge in [-0.1, -0.05) is 0 Å². The Labute approximate surface area is 116 Å². The molecule has 0 aliphatic heterocycles. The van der Waals surface area contributed by atoms with E-state index in [0.29, 0.717) is 0 Å². The van der Waals surface area contributed by atoms with Crippen LogP contribution < -0.4 is 15.8 Å². The lowest BCUT2D eigenvalue weighted by atomic mass is 10.2. The number of amides is 1. The second kappa shape index (κ2) is 6.66. The zero-order chi connectivity index (χ0) is 16.1. The van der Waals surface area contributed by atoms with E-state index in [4.69, 9.17) is 5.73 Å². The van der Waals surface area contributed by atoms with Crippen molar-refractivity contribution in [3.8, 4) is 5.88 Å². The van der Waals surface area contributed by atoms with Crippen LogP contribution in [-0.4, -0.2) is 42.7 Å². The van der Waals surface area contributed by atoms with Crippen molar-refractivity contribution in [3.05, 3.63) is 23.9 Å². The Kier molecular flexibility index (Phi) is 5.41. The van der Waals surface area contributed by atoms with Gasteiger partial charge in [0, 0.05) is 6.20 Å². The van der Waals surface area contributed by atoms with Gasteiger partial charge in [-0.25, -0.2) is 13.8 Å². The Morgan fingerprint density at radius 1 is 1.33 bits per heavy atom. The van der Waals surface area contributed by atoms with E-state index in [9.17, 15) is 26.7 Å². The molecule has 0 saturated heterocycles. The molecule has 0 unspecified atom stereocenters. The smallest absolute Gasteiger partial charge is 0.422 e. The largest absolute Gasteiger partial charge is 0.467 e. The Hall–Kier alpha value is -1.97. The van der Waals surface area contributed by atoms with Crippen molar-refractivity contribution in [2.75, 3.05) is 19.7 Å². The van der Waals surface area contributed by atoms with Gasteiger partial charge in [-0.05, 0) is 12.1 Å². The minimum atomic E-state index is -4.61. The summed E-state index contributed by atoms with van der Waals surface area (Å²) in [5, 5.41) is 1.86. The van der Waals surface area contributed by atoms with E-state index in [-0.39, 0.29) is 5.56 Å². The van der Waals surface area contributed by atoms with Gasteiger partial charge in [0.25, 0.3) is 11.8 Å². The van der Waals surface area contributed by atoms with Crippen LogP contribution in [-0.2, 0) is 0 Å². The van der Waals surface area contributed by atoms with E-state index in [1.54, 1.807) is 0 Å². The van der Waals surface area contributed by atoms with Crippen LogP contribution in [0, 0.1) is 0 Å². The molecule has 1 amide bonds. The molecule has 0 fully saturated rings. The van der Waals surface area contributed by atoms with Crippen molar-refractivity contribution >= 4 is 5.91 Å². The molecular weight excluding hydrogens is 301 g/mol. The molecule has 1 aromatic heterocycles. The maximum absolute atomic E-state index is 12.9. The van der Waals surface area contributed by atoms with Crippen molar-refractivity contribution < 1.29 is 31.5 Å². The highest BCUT2D eigenvalue weighted by Gasteiger charge is 2.30. The quantitative estimate of drug-likeness (QED) is 0.777. The Morgan fingerprint density at radius 2 is 2.00 bits per heavy atom. The molecule has 0 aliphatic rings. The van der Waals surface area contributed by atoms with Gasteiger partial charge in [-0.3, -0.25) is 4.79 Å². The molecule has 0 aliphatic carbocycles. The SMILES string of the molecule is NCC(F)(F)CNC(=O)c1cccnc1OCC(F)(F)F. The zero-order valence-corrected chi connectivity index (χ0v) is 10.6. The van der Waals surface area contributed by atoms with E-state index in [2.05, 4.69) is 9.72 Å². The van der Waals surface area contributed by atoms with Crippen LogP contribution in [0.1, 0.15) is 10.4 Å². The molecule has 5 nitrogen and oxygen atoms in total.